The minimum atomic E-state index is -0.596. The van der Waals surface area contributed by atoms with E-state index in [-0.39, 0.29) is 5.78 Å². The van der Waals surface area contributed by atoms with Crippen molar-refractivity contribution in [3.63, 3.8) is 0 Å². The maximum Gasteiger partial charge on any atom is 0.170 e. The summed E-state index contributed by atoms with van der Waals surface area (Å²) < 4.78 is 13.0. The number of benzene rings is 1. The summed E-state index contributed by atoms with van der Waals surface area (Å²) in [5, 5.41) is 9.39. The average Bonchev–Trinajstić information content (AvgIpc) is 3.16. The molecule has 0 radical (unpaired) electrons. The fraction of sp³-hybridized carbons (Fsp3) is 0.348. The van der Waals surface area contributed by atoms with Crippen molar-refractivity contribution in [2.45, 2.75) is 39.0 Å². The van der Waals surface area contributed by atoms with Crippen molar-refractivity contribution < 1.29 is 14.3 Å². The van der Waals surface area contributed by atoms with E-state index in [2.05, 4.69) is 11.1 Å². The Morgan fingerprint density at radius 3 is 2.41 bits per heavy atom. The minimum Gasteiger partial charge on any atom is -0.496 e. The SMILES string of the molecule is CCCC(=O)c1c(OC)cc(-c2cnc3cc(C(C)(C)C#N)ccn23)cc1OC. The van der Waals surface area contributed by atoms with Gasteiger partial charge in [-0.05, 0) is 50.1 Å². The Balaban J connectivity index is 2.15. The van der Waals surface area contributed by atoms with Gasteiger partial charge in [-0.3, -0.25) is 9.20 Å². The third kappa shape index (κ3) is 3.68. The number of pyridine rings is 1. The molecule has 0 unspecified atom stereocenters. The van der Waals surface area contributed by atoms with Crippen LogP contribution in [0.3, 0.4) is 0 Å². The Kier molecular flexibility index (Phi) is 5.60. The van der Waals surface area contributed by atoms with Crippen LogP contribution in [-0.4, -0.2) is 29.4 Å². The number of Topliss-reactive ketones (excluding diaryl/α,β-unsaturated/α-hetero) is 1. The number of nitrogens with zero attached hydrogens (tertiary/aromatic N) is 3. The molecule has 0 aliphatic heterocycles. The number of ketones is 1. The number of aromatic nitrogens is 2. The summed E-state index contributed by atoms with van der Waals surface area (Å²) in [6.45, 7) is 5.72. The summed E-state index contributed by atoms with van der Waals surface area (Å²) in [6.07, 6.45) is 4.85. The number of carbonyl (C=O) groups excluding carboxylic acids is 1. The quantitative estimate of drug-likeness (QED) is 0.541. The van der Waals surface area contributed by atoms with Gasteiger partial charge in [-0.25, -0.2) is 4.98 Å². The van der Waals surface area contributed by atoms with Crippen molar-refractivity contribution in [1.29, 1.82) is 5.26 Å². The molecule has 0 atom stereocenters. The largest absolute Gasteiger partial charge is 0.496 e. The van der Waals surface area contributed by atoms with Crippen LogP contribution in [0.25, 0.3) is 16.9 Å². The van der Waals surface area contributed by atoms with Gasteiger partial charge in [0.05, 0.1) is 37.6 Å². The number of rotatable bonds is 7. The maximum atomic E-state index is 12.6. The van der Waals surface area contributed by atoms with Crippen LogP contribution in [0.5, 0.6) is 11.5 Å². The van der Waals surface area contributed by atoms with Crippen molar-refractivity contribution in [3.05, 3.63) is 47.8 Å². The maximum absolute atomic E-state index is 12.6. The minimum absolute atomic E-state index is 0.00531. The summed E-state index contributed by atoms with van der Waals surface area (Å²) in [7, 11) is 3.10. The van der Waals surface area contributed by atoms with Crippen LogP contribution in [0.2, 0.25) is 0 Å². The van der Waals surface area contributed by atoms with Gasteiger partial charge in [0.2, 0.25) is 0 Å². The zero-order chi connectivity index (χ0) is 21.2. The van der Waals surface area contributed by atoms with Crippen LogP contribution < -0.4 is 9.47 Å². The number of carbonyl (C=O) groups is 1. The van der Waals surface area contributed by atoms with Crippen LogP contribution in [0.4, 0.5) is 0 Å². The number of hydrogen-bond acceptors (Lipinski definition) is 5. The molecule has 29 heavy (non-hydrogen) atoms. The summed E-state index contributed by atoms with van der Waals surface area (Å²) in [4.78, 5) is 17.1. The van der Waals surface area contributed by atoms with E-state index in [1.807, 2.05) is 55.6 Å². The molecule has 0 bridgehead atoms. The Labute approximate surface area is 170 Å². The molecule has 6 heteroatoms. The highest BCUT2D eigenvalue weighted by Gasteiger charge is 2.23. The molecule has 3 aromatic rings. The zero-order valence-electron chi connectivity index (χ0n) is 17.4. The van der Waals surface area contributed by atoms with E-state index in [1.165, 1.54) is 0 Å². The lowest BCUT2D eigenvalue weighted by atomic mass is 9.87. The lowest BCUT2D eigenvalue weighted by Gasteiger charge is -2.16. The highest BCUT2D eigenvalue weighted by atomic mass is 16.5. The molecule has 2 aromatic heterocycles. The molecule has 6 nitrogen and oxygen atoms in total. The van der Waals surface area contributed by atoms with Gasteiger partial charge in [0, 0.05) is 18.2 Å². The molecule has 1 aromatic carbocycles. The second-order valence-corrected chi connectivity index (χ2v) is 7.45. The van der Waals surface area contributed by atoms with E-state index in [4.69, 9.17) is 9.47 Å². The number of imidazole rings is 1. The molecule has 0 fully saturated rings. The fourth-order valence-electron chi connectivity index (χ4n) is 3.33. The molecule has 0 aliphatic carbocycles. The summed E-state index contributed by atoms with van der Waals surface area (Å²) >= 11 is 0. The first kappa shape index (κ1) is 20.4. The predicted octanol–water partition coefficient (Wildman–Crippen LogP) is 4.80. The van der Waals surface area contributed by atoms with E-state index < -0.39 is 5.41 Å². The van der Waals surface area contributed by atoms with E-state index >= 15 is 0 Å². The van der Waals surface area contributed by atoms with E-state index in [9.17, 15) is 10.1 Å². The molecular formula is C23H25N3O3. The third-order valence-corrected chi connectivity index (χ3v) is 5.07. The fourth-order valence-corrected chi connectivity index (χ4v) is 3.33. The monoisotopic (exact) mass is 391 g/mol. The lowest BCUT2D eigenvalue weighted by molar-refractivity contribution is 0.0975. The van der Waals surface area contributed by atoms with Gasteiger partial charge in [-0.15, -0.1) is 0 Å². The van der Waals surface area contributed by atoms with E-state index in [0.29, 0.717) is 23.5 Å². The van der Waals surface area contributed by atoms with Crippen LogP contribution in [0.15, 0.2) is 36.7 Å². The molecule has 0 N–H and O–H groups in total. The number of methoxy groups -OCH3 is 2. The number of fused-ring (bicyclic) bond motifs is 1. The average molecular weight is 391 g/mol. The molecule has 0 aliphatic rings. The van der Waals surface area contributed by atoms with Gasteiger partial charge in [0.1, 0.15) is 22.7 Å². The molecular weight excluding hydrogens is 366 g/mol. The molecule has 0 saturated carbocycles. The van der Waals surface area contributed by atoms with E-state index in [1.54, 1.807) is 20.4 Å². The number of hydrogen-bond donors (Lipinski definition) is 0. The topological polar surface area (TPSA) is 76.6 Å². The van der Waals surface area contributed by atoms with Crippen LogP contribution in [0, 0.1) is 11.3 Å². The Bertz CT molecular complexity index is 1080. The van der Waals surface area contributed by atoms with Crippen molar-refractivity contribution >= 4 is 11.4 Å². The third-order valence-electron chi connectivity index (χ3n) is 5.07. The highest BCUT2D eigenvalue weighted by Crippen LogP contribution is 2.36. The van der Waals surface area contributed by atoms with Crippen molar-refractivity contribution in [1.82, 2.24) is 9.38 Å². The van der Waals surface area contributed by atoms with Gasteiger partial charge < -0.3 is 9.47 Å². The molecule has 2 heterocycles. The smallest absolute Gasteiger partial charge is 0.170 e. The Hall–Kier alpha value is -3.33. The summed E-state index contributed by atoms with van der Waals surface area (Å²) in [6, 6.07) is 9.83. The molecule has 150 valence electrons. The summed E-state index contributed by atoms with van der Waals surface area (Å²) in [5.74, 6) is 0.958. The van der Waals surface area contributed by atoms with Crippen molar-refractivity contribution in [2.24, 2.45) is 0 Å². The first-order valence-electron chi connectivity index (χ1n) is 9.54. The number of nitriles is 1. The van der Waals surface area contributed by atoms with Crippen molar-refractivity contribution in [2.75, 3.05) is 14.2 Å². The highest BCUT2D eigenvalue weighted by molar-refractivity contribution is 6.02. The standard InChI is InChI=1S/C23H25N3O3/c1-6-7-18(27)22-19(28-4)10-15(11-20(22)29-5)17-13-25-21-12-16(8-9-26(17)21)23(2,3)14-24/h8-13H,6-7H2,1-5H3. The second-order valence-electron chi connectivity index (χ2n) is 7.45. The van der Waals surface area contributed by atoms with Gasteiger partial charge in [0.25, 0.3) is 0 Å². The molecule has 0 saturated heterocycles. The molecule has 0 spiro atoms. The zero-order valence-corrected chi connectivity index (χ0v) is 17.4. The second kappa shape index (κ2) is 7.96. The van der Waals surface area contributed by atoms with Gasteiger partial charge in [-0.1, -0.05) is 6.92 Å². The first-order valence-corrected chi connectivity index (χ1v) is 9.54. The van der Waals surface area contributed by atoms with Gasteiger partial charge >= 0.3 is 0 Å². The molecule has 0 amide bonds. The van der Waals surface area contributed by atoms with Gasteiger partial charge in [-0.2, -0.15) is 5.26 Å². The predicted molar refractivity (Wildman–Crippen MR) is 112 cm³/mol. The van der Waals surface area contributed by atoms with Gasteiger partial charge in [0.15, 0.2) is 5.78 Å². The van der Waals surface area contributed by atoms with Crippen LogP contribution >= 0.6 is 0 Å². The first-order chi connectivity index (χ1) is 13.9. The Morgan fingerprint density at radius 2 is 1.86 bits per heavy atom. The summed E-state index contributed by atoms with van der Waals surface area (Å²) in [5.41, 5.74) is 3.18. The van der Waals surface area contributed by atoms with Crippen LogP contribution in [-0.2, 0) is 5.41 Å². The number of ether oxygens (including phenoxy) is 2. The van der Waals surface area contributed by atoms with Crippen LogP contribution in [0.1, 0.15) is 49.5 Å². The normalized spacial score (nSPS) is 11.3. The Morgan fingerprint density at radius 1 is 1.21 bits per heavy atom. The molecule has 3 rings (SSSR count). The van der Waals surface area contributed by atoms with E-state index in [0.717, 1.165) is 28.9 Å². The van der Waals surface area contributed by atoms with Crippen molar-refractivity contribution in [3.8, 4) is 28.8 Å². The lowest BCUT2D eigenvalue weighted by Crippen LogP contribution is -2.14.